The number of carbonyl (C=O) groups excluding carboxylic acids is 1. The molecule has 0 heterocycles. The van der Waals surface area contributed by atoms with Gasteiger partial charge in [-0.25, -0.2) is 0 Å². The summed E-state index contributed by atoms with van der Waals surface area (Å²) in [4.78, 5) is 11.9. The third-order valence-electron chi connectivity index (χ3n) is 2.44. The fourth-order valence-electron chi connectivity index (χ4n) is 1.60. The van der Waals surface area contributed by atoms with Gasteiger partial charge in [0.1, 0.15) is 0 Å². The van der Waals surface area contributed by atoms with Crippen LogP contribution in [0, 0.1) is 0 Å². The van der Waals surface area contributed by atoms with Crippen LogP contribution in [0.15, 0.2) is 18.2 Å². The van der Waals surface area contributed by atoms with Crippen molar-refractivity contribution in [3.05, 3.63) is 23.8 Å². The third kappa shape index (κ3) is 4.65. The summed E-state index contributed by atoms with van der Waals surface area (Å²) in [7, 11) is 2.84. The van der Waals surface area contributed by atoms with Crippen molar-refractivity contribution in [1.29, 1.82) is 0 Å². The van der Waals surface area contributed by atoms with E-state index in [0.717, 1.165) is 0 Å². The minimum atomic E-state index is -2.95. The van der Waals surface area contributed by atoms with Crippen LogP contribution >= 0.6 is 0 Å². The summed E-state index contributed by atoms with van der Waals surface area (Å²) < 4.78 is 38.5. The highest BCUT2D eigenvalue weighted by Gasteiger charge is 2.15. The van der Waals surface area contributed by atoms with E-state index < -0.39 is 6.61 Å². The quantitative estimate of drug-likeness (QED) is 0.835. The molecular weight excluding hydrogens is 272 g/mol. The molecule has 20 heavy (non-hydrogen) atoms. The van der Waals surface area contributed by atoms with Crippen molar-refractivity contribution in [2.45, 2.75) is 19.6 Å². The molecule has 112 valence electrons. The lowest BCUT2D eigenvalue weighted by Gasteiger charge is -2.14. The van der Waals surface area contributed by atoms with Crippen molar-refractivity contribution in [3.63, 3.8) is 0 Å². The van der Waals surface area contributed by atoms with E-state index in [1.54, 1.807) is 6.92 Å². The van der Waals surface area contributed by atoms with Crippen LogP contribution in [0.5, 0.6) is 11.5 Å². The zero-order valence-electron chi connectivity index (χ0n) is 11.5. The fourth-order valence-corrected chi connectivity index (χ4v) is 1.60. The van der Waals surface area contributed by atoms with Gasteiger partial charge < -0.3 is 19.5 Å². The second kappa shape index (κ2) is 7.64. The molecule has 1 rings (SSSR count). The second-order valence-electron chi connectivity index (χ2n) is 4.07. The van der Waals surface area contributed by atoms with E-state index in [2.05, 4.69) is 10.1 Å². The molecule has 0 saturated carbocycles. The normalized spacial score (nSPS) is 12.1. The van der Waals surface area contributed by atoms with E-state index in [4.69, 9.17) is 9.47 Å². The van der Waals surface area contributed by atoms with Gasteiger partial charge in [-0.3, -0.25) is 4.79 Å². The van der Waals surface area contributed by atoms with E-state index >= 15 is 0 Å². The van der Waals surface area contributed by atoms with Crippen molar-refractivity contribution in [2.75, 3.05) is 20.8 Å². The van der Waals surface area contributed by atoms with Gasteiger partial charge >= 0.3 is 6.61 Å². The molecule has 1 unspecified atom stereocenters. The Labute approximate surface area is 115 Å². The molecule has 0 saturated heterocycles. The predicted molar refractivity (Wildman–Crippen MR) is 68.4 cm³/mol. The minimum Gasteiger partial charge on any atom is -0.493 e. The minimum absolute atomic E-state index is 0.0670. The molecule has 0 aliphatic rings. The zero-order valence-corrected chi connectivity index (χ0v) is 11.5. The maximum absolute atomic E-state index is 12.2. The Kier molecular flexibility index (Phi) is 6.17. The first-order chi connectivity index (χ1) is 9.47. The summed E-state index contributed by atoms with van der Waals surface area (Å²) in [6, 6.07) is 3.82. The molecular formula is C13H17F2NO4. The lowest BCUT2D eigenvalue weighted by molar-refractivity contribution is -0.0512. The average Bonchev–Trinajstić information content (AvgIpc) is 2.38. The molecule has 1 aromatic carbocycles. The number of nitrogens with one attached hydrogen (secondary N) is 1. The van der Waals surface area contributed by atoms with Gasteiger partial charge in [-0.05, 0) is 25.1 Å². The number of amides is 1. The van der Waals surface area contributed by atoms with Crippen molar-refractivity contribution in [3.8, 4) is 11.5 Å². The lowest BCUT2D eigenvalue weighted by atomic mass is 10.1. The van der Waals surface area contributed by atoms with Crippen LogP contribution in [-0.2, 0) is 4.74 Å². The van der Waals surface area contributed by atoms with E-state index in [9.17, 15) is 13.6 Å². The molecule has 1 atom stereocenters. The maximum Gasteiger partial charge on any atom is 0.387 e. The van der Waals surface area contributed by atoms with Crippen LogP contribution in [0.25, 0.3) is 0 Å². The number of benzene rings is 1. The molecule has 0 fully saturated rings. The Morgan fingerprint density at radius 2 is 2.00 bits per heavy atom. The predicted octanol–water partition coefficient (Wildman–Crippen LogP) is 2.06. The highest BCUT2D eigenvalue weighted by molar-refractivity contribution is 5.95. The van der Waals surface area contributed by atoms with Crippen molar-refractivity contribution >= 4 is 5.91 Å². The summed E-state index contributed by atoms with van der Waals surface area (Å²) in [5, 5.41) is 2.70. The zero-order chi connectivity index (χ0) is 15.1. The molecule has 7 heteroatoms. The highest BCUT2D eigenvalue weighted by Crippen LogP contribution is 2.29. The largest absolute Gasteiger partial charge is 0.493 e. The van der Waals surface area contributed by atoms with Crippen LogP contribution < -0.4 is 14.8 Å². The number of hydrogen-bond acceptors (Lipinski definition) is 4. The number of halogens is 2. The van der Waals surface area contributed by atoms with Crippen LogP contribution in [0.3, 0.4) is 0 Å². The molecule has 5 nitrogen and oxygen atoms in total. The first-order valence-electron chi connectivity index (χ1n) is 5.90. The van der Waals surface area contributed by atoms with Crippen LogP contribution in [0.2, 0.25) is 0 Å². The molecule has 0 aliphatic carbocycles. The van der Waals surface area contributed by atoms with Gasteiger partial charge in [-0.2, -0.15) is 8.78 Å². The van der Waals surface area contributed by atoms with Crippen LogP contribution in [0.1, 0.15) is 17.3 Å². The fraction of sp³-hybridized carbons (Fsp3) is 0.462. The Bertz CT molecular complexity index is 454. The van der Waals surface area contributed by atoms with E-state index in [1.807, 2.05) is 0 Å². The average molecular weight is 289 g/mol. The molecule has 0 aliphatic heterocycles. The first kappa shape index (κ1) is 16.2. The Morgan fingerprint density at radius 3 is 2.55 bits per heavy atom. The Morgan fingerprint density at radius 1 is 1.30 bits per heavy atom. The molecule has 0 bridgehead atoms. The molecule has 1 N–H and O–H groups in total. The summed E-state index contributed by atoms with van der Waals surface area (Å²) in [5.41, 5.74) is 0.284. The monoisotopic (exact) mass is 289 g/mol. The number of rotatable bonds is 7. The second-order valence-corrected chi connectivity index (χ2v) is 4.07. The summed E-state index contributed by atoms with van der Waals surface area (Å²) in [6.45, 7) is -0.798. The molecule has 1 amide bonds. The van der Waals surface area contributed by atoms with Gasteiger partial charge in [0, 0.05) is 18.7 Å². The first-order valence-corrected chi connectivity index (χ1v) is 5.90. The number of alkyl halides is 2. The molecule has 0 spiro atoms. The van der Waals surface area contributed by atoms with Gasteiger partial charge in [-0.1, -0.05) is 0 Å². The summed E-state index contributed by atoms with van der Waals surface area (Å²) >= 11 is 0. The van der Waals surface area contributed by atoms with Crippen molar-refractivity contribution < 1.29 is 27.8 Å². The van der Waals surface area contributed by atoms with Crippen molar-refractivity contribution in [2.24, 2.45) is 0 Å². The topological polar surface area (TPSA) is 56.8 Å². The highest BCUT2D eigenvalue weighted by atomic mass is 19.3. The van der Waals surface area contributed by atoms with Gasteiger partial charge in [0.05, 0.1) is 13.7 Å². The number of ether oxygens (including phenoxy) is 3. The Balaban J connectivity index is 2.83. The lowest BCUT2D eigenvalue weighted by Crippen LogP contribution is -2.35. The van der Waals surface area contributed by atoms with Gasteiger partial charge in [0.15, 0.2) is 11.5 Å². The third-order valence-corrected chi connectivity index (χ3v) is 2.44. The number of hydrogen-bond donors (Lipinski definition) is 1. The van der Waals surface area contributed by atoms with Crippen LogP contribution in [-0.4, -0.2) is 39.4 Å². The smallest absolute Gasteiger partial charge is 0.387 e. The summed E-state index contributed by atoms with van der Waals surface area (Å²) in [6.07, 6.45) is 0. The van der Waals surface area contributed by atoms with E-state index in [1.165, 1.54) is 32.4 Å². The van der Waals surface area contributed by atoms with Gasteiger partial charge in [-0.15, -0.1) is 0 Å². The maximum atomic E-state index is 12.2. The van der Waals surface area contributed by atoms with Crippen LogP contribution in [0.4, 0.5) is 8.78 Å². The standard InChI is InChI=1S/C13H17F2NO4/c1-8(7-18-2)16-12(17)9-4-5-10(20-13(14)15)11(6-9)19-3/h4-6,8,13H,7H2,1-3H3,(H,16,17). The van der Waals surface area contributed by atoms with Gasteiger partial charge in [0.25, 0.3) is 5.91 Å². The molecule has 1 aromatic rings. The Hall–Kier alpha value is -1.89. The molecule has 0 aromatic heterocycles. The summed E-state index contributed by atoms with van der Waals surface area (Å²) in [5.74, 6) is -0.405. The van der Waals surface area contributed by atoms with Crippen molar-refractivity contribution in [1.82, 2.24) is 5.32 Å². The SMILES string of the molecule is COCC(C)NC(=O)c1ccc(OC(F)F)c(OC)c1. The van der Waals surface area contributed by atoms with E-state index in [0.29, 0.717) is 6.61 Å². The molecule has 0 radical (unpaired) electrons. The number of methoxy groups -OCH3 is 2. The van der Waals surface area contributed by atoms with E-state index in [-0.39, 0.29) is 29.0 Å². The number of carbonyl (C=O) groups is 1. The van der Waals surface area contributed by atoms with Gasteiger partial charge in [0.2, 0.25) is 0 Å².